The highest BCUT2D eigenvalue weighted by atomic mass is 35.5. The van der Waals surface area contributed by atoms with Crippen LogP contribution >= 0.6 is 23.8 Å². The number of rotatable bonds is 8. The molecule has 0 spiro atoms. The Bertz CT molecular complexity index is 1510. The number of anilines is 3. The first-order valence-electron chi connectivity index (χ1n) is 11.3. The number of halogens is 1. The molecule has 1 heterocycles. The number of thiocarbonyl (C=S) groups is 1. The Kier molecular flexibility index (Phi) is 8.75. The second kappa shape index (κ2) is 11.8. The Labute approximate surface area is 232 Å². The SMILES string of the molecule is COc1ccc(NC(=S)Nc2ccc(S(=O)(=O)N3CCOCC3)cc2)cc1S(=O)(=O)Nc1ccc(Cl)cc1. The fourth-order valence-electron chi connectivity index (χ4n) is 3.63. The van der Waals surface area contributed by atoms with E-state index in [1.54, 1.807) is 42.5 Å². The number of nitrogens with zero attached hydrogens (tertiary/aromatic N) is 1. The van der Waals surface area contributed by atoms with Crippen molar-refractivity contribution in [1.29, 1.82) is 0 Å². The molecular formula is C24H25ClN4O6S3. The fourth-order valence-corrected chi connectivity index (χ4v) is 6.66. The Morgan fingerprint density at radius 3 is 2.11 bits per heavy atom. The summed E-state index contributed by atoms with van der Waals surface area (Å²) < 4.78 is 66.1. The van der Waals surface area contributed by atoms with Gasteiger partial charge in [0.1, 0.15) is 10.6 Å². The van der Waals surface area contributed by atoms with Gasteiger partial charge in [0.05, 0.1) is 25.2 Å². The first-order chi connectivity index (χ1) is 18.1. The van der Waals surface area contributed by atoms with Gasteiger partial charge in [0, 0.05) is 35.2 Å². The van der Waals surface area contributed by atoms with Crippen LogP contribution in [0.4, 0.5) is 17.1 Å². The molecule has 0 aromatic heterocycles. The summed E-state index contributed by atoms with van der Waals surface area (Å²) in [4.78, 5) is 0.0717. The zero-order chi connectivity index (χ0) is 27.3. The maximum atomic E-state index is 13.1. The van der Waals surface area contributed by atoms with E-state index in [1.165, 1.54) is 35.7 Å². The fraction of sp³-hybridized carbons (Fsp3) is 0.208. The van der Waals surface area contributed by atoms with E-state index in [9.17, 15) is 16.8 Å². The lowest BCUT2D eigenvalue weighted by Gasteiger charge is -2.26. The van der Waals surface area contributed by atoms with Gasteiger partial charge < -0.3 is 20.1 Å². The first-order valence-corrected chi connectivity index (χ1v) is 15.0. The number of nitrogens with one attached hydrogen (secondary N) is 3. The third kappa shape index (κ3) is 6.73. The van der Waals surface area contributed by atoms with E-state index in [0.29, 0.717) is 48.4 Å². The molecule has 10 nitrogen and oxygen atoms in total. The summed E-state index contributed by atoms with van der Waals surface area (Å²) in [7, 11) is -6.24. The maximum Gasteiger partial charge on any atom is 0.265 e. The van der Waals surface area contributed by atoms with Gasteiger partial charge in [0.25, 0.3) is 10.0 Å². The van der Waals surface area contributed by atoms with Crippen molar-refractivity contribution in [2.45, 2.75) is 9.79 Å². The molecule has 38 heavy (non-hydrogen) atoms. The number of hydrogen-bond acceptors (Lipinski definition) is 7. The van der Waals surface area contributed by atoms with Crippen LogP contribution in [-0.4, -0.2) is 59.7 Å². The van der Waals surface area contributed by atoms with Crippen molar-refractivity contribution < 1.29 is 26.3 Å². The van der Waals surface area contributed by atoms with Crippen LogP contribution in [0, 0.1) is 0 Å². The predicted molar refractivity (Wildman–Crippen MR) is 151 cm³/mol. The smallest absolute Gasteiger partial charge is 0.265 e. The van der Waals surface area contributed by atoms with Gasteiger partial charge in [-0.2, -0.15) is 4.31 Å². The number of ether oxygens (including phenoxy) is 2. The lowest BCUT2D eigenvalue weighted by Crippen LogP contribution is -2.40. The van der Waals surface area contributed by atoms with Crippen LogP contribution in [-0.2, 0) is 24.8 Å². The van der Waals surface area contributed by atoms with Gasteiger partial charge in [-0.25, -0.2) is 16.8 Å². The van der Waals surface area contributed by atoms with E-state index in [1.807, 2.05) is 0 Å². The zero-order valence-corrected chi connectivity index (χ0v) is 23.4. The number of methoxy groups -OCH3 is 1. The summed E-state index contributed by atoms with van der Waals surface area (Å²) in [5.74, 6) is 0.146. The molecule has 0 atom stereocenters. The van der Waals surface area contributed by atoms with Crippen LogP contribution < -0.4 is 20.1 Å². The number of sulfonamides is 2. The zero-order valence-electron chi connectivity index (χ0n) is 20.2. The molecule has 1 saturated heterocycles. The predicted octanol–water partition coefficient (Wildman–Crippen LogP) is 3.98. The van der Waals surface area contributed by atoms with Gasteiger partial charge in [-0.15, -0.1) is 0 Å². The monoisotopic (exact) mass is 596 g/mol. The quantitative estimate of drug-likeness (QED) is 0.331. The Morgan fingerprint density at radius 1 is 0.895 bits per heavy atom. The second-order valence-electron chi connectivity index (χ2n) is 8.10. The van der Waals surface area contributed by atoms with Crippen LogP contribution in [0.25, 0.3) is 0 Å². The van der Waals surface area contributed by atoms with Gasteiger partial charge >= 0.3 is 0 Å². The highest BCUT2D eigenvalue weighted by Gasteiger charge is 2.26. The van der Waals surface area contributed by atoms with Crippen molar-refractivity contribution in [2.24, 2.45) is 0 Å². The van der Waals surface area contributed by atoms with Crippen molar-refractivity contribution in [3.8, 4) is 5.75 Å². The molecule has 3 N–H and O–H groups in total. The average molecular weight is 597 g/mol. The molecule has 0 aliphatic carbocycles. The van der Waals surface area contributed by atoms with E-state index in [-0.39, 0.29) is 20.7 Å². The van der Waals surface area contributed by atoms with Gasteiger partial charge in [-0.3, -0.25) is 4.72 Å². The van der Waals surface area contributed by atoms with E-state index in [0.717, 1.165) is 0 Å². The Hall–Kier alpha value is -2.94. The van der Waals surface area contributed by atoms with E-state index >= 15 is 0 Å². The number of morpholine rings is 1. The summed E-state index contributed by atoms with van der Waals surface area (Å²) in [5.41, 5.74) is 1.28. The van der Waals surface area contributed by atoms with Crippen molar-refractivity contribution >= 4 is 66.0 Å². The molecule has 0 saturated carbocycles. The number of benzene rings is 3. The Balaban J connectivity index is 1.45. The average Bonchev–Trinajstić information content (AvgIpc) is 2.90. The van der Waals surface area contributed by atoms with Gasteiger partial charge in [0.2, 0.25) is 10.0 Å². The molecule has 1 aliphatic rings. The van der Waals surface area contributed by atoms with Crippen molar-refractivity contribution in [3.63, 3.8) is 0 Å². The van der Waals surface area contributed by atoms with Crippen LogP contribution in [0.1, 0.15) is 0 Å². The molecular weight excluding hydrogens is 572 g/mol. The highest BCUT2D eigenvalue weighted by Crippen LogP contribution is 2.29. The topological polar surface area (TPSA) is 126 Å². The van der Waals surface area contributed by atoms with E-state index in [2.05, 4.69) is 15.4 Å². The molecule has 3 aromatic carbocycles. The summed E-state index contributed by atoms with van der Waals surface area (Å²) in [5, 5.41) is 6.55. The van der Waals surface area contributed by atoms with E-state index in [4.69, 9.17) is 33.3 Å². The van der Waals surface area contributed by atoms with Crippen molar-refractivity contribution in [2.75, 3.05) is 48.8 Å². The van der Waals surface area contributed by atoms with Crippen LogP contribution in [0.2, 0.25) is 5.02 Å². The standard InChI is InChI=1S/C24H25ClN4O6S3/c1-34-22-11-8-20(16-23(22)37(30,31)28-19-4-2-17(25)3-5-19)27-24(36)26-18-6-9-21(10-7-18)38(32,33)29-12-14-35-15-13-29/h2-11,16,28H,12-15H2,1H3,(H2,26,27,36). The summed E-state index contributed by atoms with van der Waals surface area (Å²) in [6, 6.07) is 16.9. The molecule has 0 unspecified atom stereocenters. The van der Waals surface area contributed by atoms with Crippen LogP contribution in [0.5, 0.6) is 5.75 Å². The molecule has 0 amide bonds. The van der Waals surface area contributed by atoms with E-state index < -0.39 is 20.0 Å². The third-order valence-corrected chi connectivity index (χ3v) is 9.30. The summed E-state index contributed by atoms with van der Waals surface area (Å²) in [6.07, 6.45) is 0. The molecule has 4 rings (SSSR count). The van der Waals surface area contributed by atoms with Crippen LogP contribution in [0.3, 0.4) is 0 Å². The second-order valence-corrected chi connectivity index (χ2v) is 12.5. The normalized spacial score (nSPS) is 14.5. The largest absolute Gasteiger partial charge is 0.495 e. The minimum absolute atomic E-state index is 0.0968. The molecule has 0 radical (unpaired) electrons. The third-order valence-electron chi connectivity index (χ3n) is 5.53. The lowest BCUT2D eigenvalue weighted by molar-refractivity contribution is 0.0730. The van der Waals surface area contributed by atoms with Crippen LogP contribution in [0.15, 0.2) is 76.5 Å². The molecule has 3 aromatic rings. The van der Waals surface area contributed by atoms with Gasteiger partial charge in [-0.1, -0.05) is 11.6 Å². The van der Waals surface area contributed by atoms with Gasteiger partial charge in [-0.05, 0) is 78.9 Å². The minimum atomic E-state index is -4.00. The summed E-state index contributed by atoms with van der Waals surface area (Å²) in [6.45, 7) is 1.35. The molecule has 1 aliphatic heterocycles. The molecule has 1 fully saturated rings. The molecule has 14 heteroatoms. The first kappa shape index (κ1) is 28.1. The summed E-state index contributed by atoms with van der Waals surface area (Å²) >= 11 is 11.2. The number of hydrogen-bond donors (Lipinski definition) is 3. The van der Waals surface area contributed by atoms with Crippen molar-refractivity contribution in [1.82, 2.24) is 4.31 Å². The molecule has 0 bridgehead atoms. The van der Waals surface area contributed by atoms with Gasteiger partial charge in [0.15, 0.2) is 5.11 Å². The lowest BCUT2D eigenvalue weighted by atomic mass is 10.3. The highest BCUT2D eigenvalue weighted by molar-refractivity contribution is 7.92. The molecule has 202 valence electrons. The Morgan fingerprint density at radius 2 is 1.47 bits per heavy atom. The maximum absolute atomic E-state index is 13.1. The van der Waals surface area contributed by atoms with Crippen molar-refractivity contribution in [3.05, 3.63) is 71.8 Å². The minimum Gasteiger partial charge on any atom is -0.495 e.